The Bertz CT molecular complexity index is 766. The molecule has 0 atom stereocenters. The molecule has 0 fully saturated rings. The Kier molecular flexibility index (Phi) is 6.54. The molecule has 3 N–H and O–H groups in total. The summed E-state index contributed by atoms with van der Waals surface area (Å²) in [6.07, 6.45) is 0.148. The van der Waals surface area contributed by atoms with Crippen molar-refractivity contribution in [3.63, 3.8) is 0 Å². The fraction of sp³-hybridized carbons (Fsp3) is 0.0625. The minimum absolute atomic E-state index is 0.0237. The fourth-order valence-electron chi connectivity index (χ4n) is 1.79. The van der Waals surface area contributed by atoms with Crippen molar-refractivity contribution in [3.8, 4) is 0 Å². The average molecular weight is 382 g/mol. The number of hydrogen-bond acceptors (Lipinski definition) is 3. The van der Waals surface area contributed by atoms with Gasteiger partial charge in [0.15, 0.2) is 5.11 Å². The van der Waals surface area contributed by atoms with Crippen LogP contribution in [0.25, 0.3) is 0 Å². The van der Waals surface area contributed by atoms with Crippen LogP contribution in [0.2, 0.25) is 10.0 Å². The number of carbonyl (C=O) groups is 2. The van der Waals surface area contributed by atoms with Crippen molar-refractivity contribution < 1.29 is 9.59 Å². The van der Waals surface area contributed by atoms with Crippen LogP contribution in [0.4, 0.5) is 0 Å². The topological polar surface area (TPSA) is 70.2 Å². The lowest BCUT2D eigenvalue weighted by Crippen LogP contribution is -2.48. The minimum Gasteiger partial charge on any atom is -0.298 e. The van der Waals surface area contributed by atoms with Crippen LogP contribution >= 0.6 is 35.4 Å². The molecule has 0 radical (unpaired) electrons. The SMILES string of the molecule is O=C(Cc1ccc(Cl)cc1)NNC(=S)NC(=O)c1cccc(Cl)c1. The van der Waals surface area contributed by atoms with E-state index in [-0.39, 0.29) is 17.4 Å². The normalized spacial score (nSPS) is 9.92. The number of benzene rings is 2. The summed E-state index contributed by atoms with van der Waals surface area (Å²) in [5.74, 6) is -0.737. The van der Waals surface area contributed by atoms with E-state index in [1.54, 1.807) is 42.5 Å². The molecule has 0 heterocycles. The van der Waals surface area contributed by atoms with Gasteiger partial charge >= 0.3 is 0 Å². The Morgan fingerprint density at radius 1 is 0.958 bits per heavy atom. The number of hydrogen-bond donors (Lipinski definition) is 3. The highest BCUT2D eigenvalue weighted by Crippen LogP contribution is 2.10. The smallest absolute Gasteiger partial charge is 0.257 e. The van der Waals surface area contributed by atoms with Gasteiger partial charge in [-0.25, -0.2) is 0 Å². The highest BCUT2D eigenvalue weighted by atomic mass is 35.5. The first kappa shape index (κ1) is 18.2. The summed E-state index contributed by atoms with van der Waals surface area (Å²) in [4.78, 5) is 23.8. The maximum absolute atomic E-state index is 12.0. The summed E-state index contributed by atoms with van der Waals surface area (Å²) in [6, 6.07) is 13.3. The lowest BCUT2D eigenvalue weighted by atomic mass is 10.1. The van der Waals surface area contributed by atoms with Crippen LogP contribution < -0.4 is 16.2 Å². The van der Waals surface area contributed by atoms with Crippen molar-refractivity contribution >= 4 is 52.3 Å². The van der Waals surface area contributed by atoms with Gasteiger partial charge in [-0.1, -0.05) is 41.4 Å². The van der Waals surface area contributed by atoms with Crippen LogP contribution in [0.1, 0.15) is 15.9 Å². The van der Waals surface area contributed by atoms with Gasteiger partial charge in [-0.2, -0.15) is 0 Å². The molecule has 2 aromatic rings. The van der Waals surface area contributed by atoms with E-state index in [0.717, 1.165) is 5.56 Å². The molecule has 0 saturated heterocycles. The van der Waals surface area contributed by atoms with Crippen molar-refractivity contribution in [3.05, 3.63) is 69.7 Å². The molecule has 24 heavy (non-hydrogen) atoms. The van der Waals surface area contributed by atoms with Gasteiger partial charge < -0.3 is 0 Å². The van der Waals surface area contributed by atoms with Crippen molar-refractivity contribution in [2.45, 2.75) is 6.42 Å². The average Bonchev–Trinajstić information content (AvgIpc) is 2.55. The van der Waals surface area contributed by atoms with Crippen LogP contribution in [0.5, 0.6) is 0 Å². The standard InChI is InChI=1S/C16H13Cl2N3O2S/c17-12-6-4-10(5-7-12)8-14(22)20-21-16(24)19-15(23)11-2-1-3-13(18)9-11/h1-7,9H,8H2,(H,20,22)(H2,19,21,23,24). The van der Waals surface area contributed by atoms with Crippen LogP contribution in [-0.4, -0.2) is 16.9 Å². The molecule has 0 aliphatic heterocycles. The molecule has 0 aliphatic rings. The Morgan fingerprint density at radius 3 is 2.33 bits per heavy atom. The van der Waals surface area contributed by atoms with Crippen LogP contribution in [0.15, 0.2) is 48.5 Å². The Balaban J connectivity index is 1.79. The van der Waals surface area contributed by atoms with Gasteiger partial charge in [-0.15, -0.1) is 0 Å². The van der Waals surface area contributed by atoms with Gasteiger partial charge in [-0.3, -0.25) is 25.8 Å². The number of hydrazine groups is 1. The second-order valence-corrected chi connectivity index (χ2v) is 6.05. The van der Waals surface area contributed by atoms with Gasteiger partial charge in [0.25, 0.3) is 5.91 Å². The third kappa shape index (κ3) is 5.81. The van der Waals surface area contributed by atoms with E-state index >= 15 is 0 Å². The molecule has 0 aromatic heterocycles. The van der Waals surface area contributed by atoms with Crippen molar-refractivity contribution in [1.29, 1.82) is 0 Å². The molecule has 124 valence electrons. The minimum atomic E-state index is -0.429. The summed E-state index contributed by atoms with van der Waals surface area (Å²) in [5.41, 5.74) is 6.04. The largest absolute Gasteiger partial charge is 0.298 e. The second-order valence-electron chi connectivity index (χ2n) is 4.77. The van der Waals surface area contributed by atoms with Crippen LogP contribution in [0, 0.1) is 0 Å². The molecule has 0 aliphatic carbocycles. The van der Waals surface area contributed by atoms with Crippen LogP contribution in [0.3, 0.4) is 0 Å². The third-order valence-electron chi connectivity index (χ3n) is 2.91. The Morgan fingerprint density at radius 2 is 1.67 bits per heavy atom. The zero-order valence-electron chi connectivity index (χ0n) is 12.3. The van der Waals surface area contributed by atoms with E-state index in [0.29, 0.717) is 15.6 Å². The number of nitrogens with one attached hydrogen (secondary N) is 3. The van der Waals surface area contributed by atoms with E-state index in [1.807, 2.05) is 0 Å². The van der Waals surface area contributed by atoms with Gasteiger partial charge in [0, 0.05) is 15.6 Å². The van der Waals surface area contributed by atoms with Crippen LogP contribution in [-0.2, 0) is 11.2 Å². The van der Waals surface area contributed by atoms with Gasteiger partial charge in [-0.05, 0) is 48.1 Å². The number of halogens is 2. The Labute approximate surface area is 154 Å². The number of carbonyl (C=O) groups excluding carboxylic acids is 2. The second kappa shape index (κ2) is 8.63. The van der Waals surface area contributed by atoms with Crippen molar-refractivity contribution in [2.24, 2.45) is 0 Å². The molecular weight excluding hydrogens is 369 g/mol. The number of amides is 2. The van der Waals surface area contributed by atoms with Gasteiger partial charge in [0.05, 0.1) is 6.42 Å². The molecule has 5 nitrogen and oxygen atoms in total. The lowest BCUT2D eigenvalue weighted by molar-refractivity contribution is -0.121. The number of thiocarbonyl (C=S) groups is 1. The monoisotopic (exact) mass is 381 g/mol. The maximum Gasteiger partial charge on any atom is 0.257 e. The maximum atomic E-state index is 12.0. The number of rotatable bonds is 3. The van der Waals surface area contributed by atoms with E-state index in [2.05, 4.69) is 16.2 Å². The molecule has 2 amide bonds. The summed E-state index contributed by atoms with van der Waals surface area (Å²) >= 11 is 16.6. The van der Waals surface area contributed by atoms with E-state index in [9.17, 15) is 9.59 Å². The lowest BCUT2D eigenvalue weighted by Gasteiger charge is -2.11. The molecule has 0 bridgehead atoms. The quantitative estimate of drug-likeness (QED) is 0.564. The first-order chi connectivity index (χ1) is 11.4. The van der Waals surface area contributed by atoms with E-state index < -0.39 is 5.91 Å². The summed E-state index contributed by atoms with van der Waals surface area (Å²) < 4.78 is 0. The molecule has 8 heteroatoms. The molecule has 0 spiro atoms. The third-order valence-corrected chi connectivity index (χ3v) is 3.60. The predicted octanol–water partition coefficient (Wildman–Crippen LogP) is 2.87. The first-order valence-corrected chi connectivity index (χ1v) is 8.00. The molecule has 2 rings (SSSR count). The zero-order chi connectivity index (χ0) is 17.5. The zero-order valence-corrected chi connectivity index (χ0v) is 14.6. The molecule has 2 aromatic carbocycles. The summed E-state index contributed by atoms with van der Waals surface area (Å²) in [6.45, 7) is 0. The molecular formula is C16H13Cl2N3O2S. The summed E-state index contributed by atoms with van der Waals surface area (Å²) in [7, 11) is 0. The Hall–Kier alpha value is -2.15. The first-order valence-electron chi connectivity index (χ1n) is 6.84. The molecule has 0 unspecified atom stereocenters. The van der Waals surface area contributed by atoms with E-state index in [1.165, 1.54) is 6.07 Å². The highest BCUT2D eigenvalue weighted by Gasteiger charge is 2.09. The predicted molar refractivity (Wildman–Crippen MR) is 98.0 cm³/mol. The van der Waals surface area contributed by atoms with E-state index in [4.69, 9.17) is 35.4 Å². The highest BCUT2D eigenvalue weighted by molar-refractivity contribution is 7.80. The molecule has 0 saturated carbocycles. The fourth-order valence-corrected chi connectivity index (χ4v) is 2.25. The van der Waals surface area contributed by atoms with Crippen molar-refractivity contribution in [2.75, 3.05) is 0 Å². The van der Waals surface area contributed by atoms with Gasteiger partial charge in [0.2, 0.25) is 5.91 Å². The van der Waals surface area contributed by atoms with Crippen molar-refractivity contribution in [1.82, 2.24) is 16.2 Å². The van der Waals surface area contributed by atoms with Gasteiger partial charge in [0.1, 0.15) is 0 Å². The summed E-state index contributed by atoms with van der Waals surface area (Å²) in [5, 5.41) is 3.46.